The molecule has 5 nitrogen and oxygen atoms in total. The Morgan fingerprint density at radius 2 is 2.20 bits per heavy atom. The molecule has 0 bridgehead atoms. The van der Waals surface area contributed by atoms with Crippen LogP contribution in [0.15, 0.2) is 9.98 Å². The van der Waals surface area contributed by atoms with Crippen molar-refractivity contribution in [1.82, 2.24) is 0 Å². The molecule has 0 saturated carbocycles. The van der Waals surface area contributed by atoms with Gasteiger partial charge in [0.25, 0.3) is 0 Å². The van der Waals surface area contributed by atoms with Crippen LogP contribution in [-0.4, -0.2) is 59.8 Å². The van der Waals surface area contributed by atoms with Crippen LogP contribution in [0.1, 0.15) is 6.42 Å². The normalized spacial score (nSPS) is 17.8. The lowest BCUT2D eigenvalue weighted by Crippen LogP contribution is -2.50. The van der Waals surface area contributed by atoms with Gasteiger partial charge in [-0.05, 0) is 12.2 Å². The molecule has 0 aliphatic carbocycles. The van der Waals surface area contributed by atoms with E-state index in [2.05, 4.69) is 9.98 Å². The molecule has 1 rings (SSSR count). The molecule has 15 heavy (non-hydrogen) atoms. The fourth-order valence-corrected chi connectivity index (χ4v) is 1.47. The lowest BCUT2D eigenvalue weighted by molar-refractivity contribution is -0.886. The SMILES string of the molecule is C[N+](C)(C)C(CC1=NC(=S)N=C1)C(=O)O. The van der Waals surface area contributed by atoms with E-state index in [1.165, 1.54) is 6.21 Å². The summed E-state index contributed by atoms with van der Waals surface area (Å²) in [6, 6.07) is -0.531. The Labute approximate surface area is 93.7 Å². The Bertz CT molecular complexity index is 355. The maximum Gasteiger partial charge on any atom is 0.362 e. The van der Waals surface area contributed by atoms with Gasteiger partial charge < -0.3 is 9.59 Å². The molecule has 0 aromatic heterocycles. The number of carboxylic acid groups (broad SMARTS) is 1. The number of aliphatic imine (C=N–C) groups is 2. The smallest absolute Gasteiger partial charge is 0.362 e. The van der Waals surface area contributed by atoms with E-state index in [9.17, 15) is 4.79 Å². The van der Waals surface area contributed by atoms with Gasteiger partial charge >= 0.3 is 5.97 Å². The van der Waals surface area contributed by atoms with E-state index in [4.69, 9.17) is 17.3 Å². The van der Waals surface area contributed by atoms with Crippen LogP contribution in [-0.2, 0) is 4.79 Å². The molecule has 1 unspecified atom stereocenters. The van der Waals surface area contributed by atoms with Crippen LogP contribution in [0.5, 0.6) is 0 Å². The Morgan fingerprint density at radius 1 is 1.60 bits per heavy atom. The van der Waals surface area contributed by atoms with Crippen molar-refractivity contribution in [3.05, 3.63) is 0 Å². The number of rotatable bonds is 4. The Morgan fingerprint density at radius 3 is 2.53 bits per heavy atom. The first-order chi connectivity index (χ1) is 6.80. The zero-order valence-electron chi connectivity index (χ0n) is 8.97. The average Bonchev–Trinajstić information content (AvgIpc) is 2.44. The quantitative estimate of drug-likeness (QED) is 0.558. The Kier molecular flexibility index (Phi) is 3.31. The van der Waals surface area contributed by atoms with Crippen LogP contribution in [0.25, 0.3) is 0 Å². The first-order valence-corrected chi connectivity index (χ1v) is 4.91. The summed E-state index contributed by atoms with van der Waals surface area (Å²) < 4.78 is 0.342. The van der Waals surface area contributed by atoms with Crippen molar-refractivity contribution in [3.8, 4) is 0 Å². The number of quaternary nitrogens is 1. The van der Waals surface area contributed by atoms with E-state index in [1.54, 1.807) is 0 Å². The third kappa shape index (κ3) is 3.17. The third-order valence-electron chi connectivity index (χ3n) is 2.19. The van der Waals surface area contributed by atoms with Gasteiger partial charge in [0.2, 0.25) is 5.11 Å². The minimum atomic E-state index is -0.837. The van der Waals surface area contributed by atoms with Crippen LogP contribution in [0.4, 0.5) is 0 Å². The molecule has 0 fully saturated rings. The van der Waals surface area contributed by atoms with Gasteiger partial charge in [0.15, 0.2) is 6.04 Å². The lowest BCUT2D eigenvalue weighted by atomic mass is 10.1. The van der Waals surface area contributed by atoms with Gasteiger partial charge in [0, 0.05) is 0 Å². The average molecular weight is 228 g/mol. The summed E-state index contributed by atoms with van der Waals surface area (Å²) in [5, 5.41) is 9.36. The number of carboxylic acids is 1. The van der Waals surface area contributed by atoms with E-state index in [0.717, 1.165) is 0 Å². The van der Waals surface area contributed by atoms with Gasteiger partial charge in [-0.1, -0.05) is 0 Å². The molecule has 0 saturated heterocycles. The third-order valence-corrected chi connectivity index (χ3v) is 2.38. The molecule has 1 atom stereocenters. The summed E-state index contributed by atoms with van der Waals surface area (Å²) in [4.78, 5) is 18.9. The van der Waals surface area contributed by atoms with Crippen molar-refractivity contribution in [2.75, 3.05) is 21.1 Å². The maximum atomic E-state index is 11.1. The van der Waals surface area contributed by atoms with Gasteiger partial charge in [-0.15, -0.1) is 0 Å². The van der Waals surface area contributed by atoms with Crippen LogP contribution in [0.2, 0.25) is 0 Å². The van der Waals surface area contributed by atoms with E-state index >= 15 is 0 Å². The highest BCUT2D eigenvalue weighted by molar-refractivity contribution is 7.80. The summed E-state index contributed by atoms with van der Waals surface area (Å²) in [6.45, 7) is 0. The molecule has 0 radical (unpaired) electrons. The zero-order chi connectivity index (χ0) is 11.6. The molecule has 0 aromatic carbocycles. The number of nitrogens with zero attached hydrogens (tertiary/aromatic N) is 3. The molecule has 82 valence electrons. The number of thiocarbonyl (C=S) groups is 1. The summed E-state index contributed by atoms with van der Waals surface area (Å²) >= 11 is 4.77. The van der Waals surface area contributed by atoms with Gasteiger partial charge in [-0.25, -0.2) is 14.8 Å². The van der Waals surface area contributed by atoms with Crippen LogP contribution >= 0.6 is 12.2 Å². The van der Waals surface area contributed by atoms with E-state index in [1.807, 2.05) is 21.1 Å². The lowest BCUT2D eigenvalue weighted by Gasteiger charge is -2.30. The molecule has 1 heterocycles. The predicted octanol–water partition coefficient (Wildman–Crippen LogP) is 0.346. The summed E-state index contributed by atoms with van der Waals surface area (Å²) in [6.07, 6.45) is 1.89. The standard InChI is InChI=1S/C9H13N3O2S/c1-12(2,3)7(8(13)14)4-6-5-10-9(15)11-6/h5,7H,4H2,1-3H3/p+1. The van der Waals surface area contributed by atoms with E-state index in [-0.39, 0.29) is 5.11 Å². The monoisotopic (exact) mass is 228 g/mol. The summed E-state index contributed by atoms with van der Waals surface area (Å²) in [7, 11) is 5.51. The number of likely N-dealkylation sites (N-methyl/N-ethyl adjacent to an activating group) is 1. The number of hydrogen-bond donors (Lipinski definition) is 1. The first kappa shape index (κ1) is 11.9. The molecular formula is C9H14N3O2S+. The van der Waals surface area contributed by atoms with Gasteiger partial charge in [0.05, 0.1) is 39.5 Å². The minimum absolute atomic E-state index is 0.274. The molecule has 0 spiro atoms. The van der Waals surface area contributed by atoms with E-state index in [0.29, 0.717) is 16.6 Å². The molecular weight excluding hydrogens is 214 g/mol. The summed E-state index contributed by atoms with van der Waals surface area (Å²) in [5.74, 6) is -0.837. The van der Waals surface area contributed by atoms with Gasteiger partial charge in [-0.3, -0.25) is 0 Å². The van der Waals surface area contributed by atoms with Gasteiger partial charge in [0.1, 0.15) is 0 Å². The Hall–Kier alpha value is -1.14. The fraction of sp³-hybridized carbons (Fsp3) is 0.556. The van der Waals surface area contributed by atoms with Crippen molar-refractivity contribution in [3.63, 3.8) is 0 Å². The van der Waals surface area contributed by atoms with Crippen LogP contribution < -0.4 is 0 Å². The highest BCUT2D eigenvalue weighted by atomic mass is 32.1. The first-order valence-electron chi connectivity index (χ1n) is 4.50. The minimum Gasteiger partial charge on any atom is -0.477 e. The number of aliphatic carboxylic acids is 1. The topological polar surface area (TPSA) is 62.0 Å². The van der Waals surface area contributed by atoms with E-state index < -0.39 is 12.0 Å². The molecule has 0 aromatic rings. The van der Waals surface area contributed by atoms with Gasteiger partial charge in [-0.2, -0.15) is 0 Å². The molecule has 0 amide bonds. The van der Waals surface area contributed by atoms with Crippen LogP contribution in [0.3, 0.4) is 0 Å². The second-order valence-electron chi connectivity index (χ2n) is 4.32. The van der Waals surface area contributed by atoms with Crippen molar-refractivity contribution in [2.45, 2.75) is 12.5 Å². The van der Waals surface area contributed by atoms with Crippen molar-refractivity contribution < 1.29 is 14.4 Å². The highest BCUT2D eigenvalue weighted by Gasteiger charge is 2.32. The second-order valence-corrected chi connectivity index (χ2v) is 4.68. The number of carbonyl (C=O) groups is 1. The fourth-order valence-electron chi connectivity index (χ4n) is 1.30. The maximum absolute atomic E-state index is 11.1. The van der Waals surface area contributed by atoms with Crippen molar-refractivity contribution in [1.29, 1.82) is 0 Å². The zero-order valence-corrected chi connectivity index (χ0v) is 9.78. The Balaban J connectivity index is 2.77. The second kappa shape index (κ2) is 4.16. The molecule has 1 N–H and O–H groups in total. The molecule has 1 aliphatic rings. The largest absolute Gasteiger partial charge is 0.477 e. The summed E-state index contributed by atoms with van der Waals surface area (Å²) in [5.41, 5.74) is 0.639. The highest BCUT2D eigenvalue weighted by Crippen LogP contribution is 2.10. The predicted molar refractivity (Wildman–Crippen MR) is 62.6 cm³/mol. The molecule has 6 heteroatoms. The van der Waals surface area contributed by atoms with Crippen LogP contribution in [0, 0.1) is 0 Å². The number of hydrogen-bond acceptors (Lipinski definition) is 2. The molecule has 1 aliphatic heterocycles. The van der Waals surface area contributed by atoms with Crippen molar-refractivity contribution >= 4 is 35.2 Å². The van der Waals surface area contributed by atoms with Crippen molar-refractivity contribution in [2.24, 2.45) is 9.98 Å².